The molecule has 0 aliphatic heterocycles. The third kappa shape index (κ3) is 5.01. The molecule has 11 heteroatoms. The van der Waals surface area contributed by atoms with Gasteiger partial charge in [0.25, 0.3) is 0 Å². The first-order valence-corrected chi connectivity index (χ1v) is 8.34. The Morgan fingerprint density at radius 3 is 2.96 bits per heavy atom. The topological polar surface area (TPSA) is 136 Å². The summed E-state index contributed by atoms with van der Waals surface area (Å²) < 4.78 is 18.1. The summed E-state index contributed by atoms with van der Waals surface area (Å²) in [5.41, 5.74) is 2.07. The number of nitrogens with zero attached hydrogens (tertiary/aromatic N) is 4. The highest BCUT2D eigenvalue weighted by Gasteiger charge is 2.18. The minimum Gasteiger partial charge on any atom is -0.353 e. The molecule has 9 nitrogen and oxygen atoms in total. The zero-order valence-corrected chi connectivity index (χ0v) is 14.7. The summed E-state index contributed by atoms with van der Waals surface area (Å²) in [7, 11) is 0. The summed E-state index contributed by atoms with van der Waals surface area (Å²) in [4.78, 5) is 15.1. The van der Waals surface area contributed by atoms with Crippen molar-refractivity contribution in [3.8, 4) is 6.07 Å². The fourth-order valence-electron chi connectivity index (χ4n) is 1.94. The molecule has 0 aliphatic carbocycles. The van der Waals surface area contributed by atoms with Gasteiger partial charge in [0, 0.05) is 18.7 Å². The number of hydroxylamine groups is 1. The van der Waals surface area contributed by atoms with Crippen LogP contribution in [0.25, 0.3) is 0 Å². The predicted octanol–water partition coefficient (Wildman–Crippen LogP) is 1.75. The summed E-state index contributed by atoms with van der Waals surface area (Å²) in [6.45, 7) is 3.24. The Kier molecular flexibility index (Phi) is 6.65. The highest BCUT2D eigenvalue weighted by molar-refractivity contribution is 7.99. The minimum absolute atomic E-state index is 0.0866. The number of aliphatic imine (C=N–C) groups is 1. The number of thioether (sulfide) groups is 1. The van der Waals surface area contributed by atoms with Crippen molar-refractivity contribution in [2.45, 2.75) is 24.9 Å². The number of nitrogens with one attached hydrogen (secondary N) is 2. The van der Waals surface area contributed by atoms with Crippen molar-refractivity contribution < 1.29 is 19.0 Å². The van der Waals surface area contributed by atoms with Gasteiger partial charge in [-0.15, -0.1) is 0 Å². The van der Waals surface area contributed by atoms with Crippen LogP contribution in [0.5, 0.6) is 0 Å². The molecular formula is C15H15FN6O3S. The van der Waals surface area contributed by atoms with E-state index in [0.717, 1.165) is 6.07 Å². The summed E-state index contributed by atoms with van der Waals surface area (Å²) in [5.74, 6) is -0.428. The zero-order valence-electron chi connectivity index (χ0n) is 13.9. The second kappa shape index (κ2) is 8.93. The molecule has 2 aromatic rings. The van der Waals surface area contributed by atoms with Gasteiger partial charge in [-0.3, -0.25) is 15.5 Å². The van der Waals surface area contributed by atoms with E-state index in [4.69, 9.17) is 9.89 Å². The second-order valence-corrected chi connectivity index (χ2v) is 6.19. The van der Waals surface area contributed by atoms with Crippen molar-refractivity contribution in [2.75, 3.05) is 5.75 Å². The van der Waals surface area contributed by atoms with Crippen LogP contribution >= 0.6 is 11.8 Å². The van der Waals surface area contributed by atoms with Gasteiger partial charge in [0.1, 0.15) is 11.9 Å². The maximum Gasteiger partial charge on any atom is 0.217 e. The summed E-state index contributed by atoms with van der Waals surface area (Å²) in [5, 5.41) is 28.7. The molecule has 1 aromatic carbocycles. The molecule has 0 bridgehead atoms. The van der Waals surface area contributed by atoms with Crippen molar-refractivity contribution in [1.29, 1.82) is 5.26 Å². The van der Waals surface area contributed by atoms with Crippen LogP contribution in [0.15, 0.2) is 32.8 Å². The lowest BCUT2D eigenvalue weighted by Crippen LogP contribution is -2.32. The van der Waals surface area contributed by atoms with E-state index >= 15 is 0 Å². The predicted molar refractivity (Wildman–Crippen MR) is 90.5 cm³/mol. The number of benzene rings is 1. The van der Waals surface area contributed by atoms with Crippen LogP contribution in [0, 0.1) is 17.1 Å². The Labute approximate surface area is 152 Å². The molecule has 2 rings (SSSR count). The molecule has 26 heavy (non-hydrogen) atoms. The van der Waals surface area contributed by atoms with Gasteiger partial charge >= 0.3 is 0 Å². The quantitative estimate of drug-likeness (QED) is 0.299. The minimum atomic E-state index is -0.670. The fraction of sp³-hybridized carbons (Fsp3) is 0.267. The number of hydrogen-bond donors (Lipinski definition) is 3. The molecule has 136 valence electrons. The van der Waals surface area contributed by atoms with Crippen molar-refractivity contribution in [3.05, 3.63) is 35.3 Å². The normalized spacial score (nSPS) is 12.3. The van der Waals surface area contributed by atoms with Gasteiger partial charge in [-0.25, -0.2) is 14.0 Å². The Morgan fingerprint density at radius 2 is 2.31 bits per heavy atom. The Balaban J connectivity index is 2.22. The molecule has 1 aromatic heterocycles. The Hall–Kier alpha value is -2.97. The maximum atomic E-state index is 13.4. The highest BCUT2D eigenvalue weighted by atomic mass is 32.2. The van der Waals surface area contributed by atoms with E-state index in [1.54, 1.807) is 6.07 Å². The largest absolute Gasteiger partial charge is 0.353 e. The summed E-state index contributed by atoms with van der Waals surface area (Å²) >= 11 is 1.24. The van der Waals surface area contributed by atoms with Crippen LogP contribution in [0.4, 0.5) is 10.1 Å². The van der Waals surface area contributed by atoms with Crippen LogP contribution in [0.2, 0.25) is 0 Å². The van der Waals surface area contributed by atoms with Gasteiger partial charge in [-0.2, -0.15) is 5.26 Å². The molecule has 0 fully saturated rings. The molecule has 0 radical (unpaired) electrons. The molecule has 0 saturated carbocycles. The standard InChI is InChI=1S/C15H15FN6O3S/c1-8(18-9(2)23)7-26-15-13(21-25-22-15)14(20-24)19-11-3-4-12(16)10(5-11)6-17/h3-5,8,24H,7H2,1-2H3,(H,18,23)(H,19,20)/t8-/m1/s1. The van der Waals surface area contributed by atoms with Crippen LogP contribution in [0.1, 0.15) is 25.1 Å². The van der Waals surface area contributed by atoms with Crippen molar-refractivity contribution >= 4 is 29.2 Å². The summed E-state index contributed by atoms with van der Waals surface area (Å²) in [6, 6.07) is 5.25. The van der Waals surface area contributed by atoms with E-state index in [-0.39, 0.29) is 34.7 Å². The second-order valence-electron chi connectivity index (χ2n) is 5.18. The van der Waals surface area contributed by atoms with Gasteiger partial charge in [-0.05, 0) is 35.4 Å². The van der Waals surface area contributed by atoms with Gasteiger partial charge < -0.3 is 5.32 Å². The van der Waals surface area contributed by atoms with Gasteiger partial charge in [0.05, 0.1) is 11.3 Å². The number of carbonyl (C=O) groups is 1. The number of hydrogen-bond acceptors (Lipinski definition) is 8. The van der Waals surface area contributed by atoms with Crippen molar-refractivity contribution in [3.63, 3.8) is 0 Å². The molecule has 1 heterocycles. The van der Waals surface area contributed by atoms with Crippen LogP contribution in [-0.4, -0.2) is 39.1 Å². The number of halogens is 1. The van der Waals surface area contributed by atoms with Gasteiger partial charge in [0.2, 0.25) is 5.91 Å². The van der Waals surface area contributed by atoms with Crippen LogP contribution < -0.4 is 10.8 Å². The Bertz CT molecular complexity index is 863. The van der Waals surface area contributed by atoms with Gasteiger partial charge in [-0.1, -0.05) is 11.8 Å². The van der Waals surface area contributed by atoms with E-state index in [0.29, 0.717) is 10.8 Å². The number of aromatic nitrogens is 2. The van der Waals surface area contributed by atoms with Crippen LogP contribution in [0.3, 0.4) is 0 Å². The maximum absolute atomic E-state index is 13.4. The molecule has 1 atom stereocenters. The highest BCUT2D eigenvalue weighted by Crippen LogP contribution is 2.22. The monoisotopic (exact) mass is 378 g/mol. The average Bonchev–Trinajstić information content (AvgIpc) is 3.07. The zero-order chi connectivity index (χ0) is 19.1. The first-order valence-electron chi connectivity index (χ1n) is 7.36. The van der Waals surface area contributed by atoms with Crippen molar-refractivity contribution in [1.82, 2.24) is 21.1 Å². The van der Waals surface area contributed by atoms with E-state index < -0.39 is 5.82 Å². The molecule has 3 N–H and O–H groups in total. The first kappa shape index (κ1) is 19.4. The lowest BCUT2D eigenvalue weighted by Gasteiger charge is -2.10. The third-order valence-corrected chi connectivity index (χ3v) is 4.23. The van der Waals surface area contributed by atoms with Crippen molar-refractivity contribution in [2.24, 2.45) is 4.99 Å². The molecule has 0 unspecified atom stereocenters. The van der Waals surface area contributed by atoms with E-state index in [1.807, 2.05) is 12.4 Å². The number of amidine groups is 1. The molecular weight excluding hydrogens is 363 g/mol. The lowest BCUT2D eigenvalue weighted by molar-refractivity contribution is -0.119. The molecule has 0 saturated heterocycles. The number of nitriles is 1. The molecule has 1 amide bonds. The van der Waals surface area contributed by atoms with E-state index in [1.165, 1.54) is 30.8 Å². The molecule has 0 aliphatic rings. The fourth-order valence-corrected chi connectivity index (χ4v) is 2.79. The number of carbonyl (C=O) groups excluding carboxylic acids is 1. The van der Waals surface area contributed by atoms with E-state index in [9.17, 15) is 14.4 Å². The number of amides is 1. The first-order chi connectivity index (χ1) is 12.4. The lowest BCUT2D eigenvalue weighted by atomic mass is 10.2. The van der Waals surface area contributed by atoms with Gasteiger partial charge in [0.15, 0.2) is 16.6 Å². The summed E-state index contributed by atoms with van der Waals surface area (Å²) in [6.07, 6.45) is 0. The average molecular weight is 378 g/mol. The third-order valence-electron chi connectivity index (χ3n) is 3.02. The van der Waals surface area contributed by atoms with Crippen LogP contribution in [-0.2, 0) is 4.79 Å². The smallest absolute Gasteiger partial charge is 0.217 e. The number of rotatable bonds is 6. The SMILES string of the molecule is CC(=O)N[C@H](C)CSc1nonc1C(=Nc1ccc(F)c(C#N)c1)NO. The molecule has 0 spiro atoms. The Morgan fingerprint density at radius 1 is 1.54 bits per heavy atom. The van der Waals surface area contributed by atoms with E-state index in [2.05, 4.69) is 20.6 Å².